The Morgan fingerprint density at radius 2 is 1.73 bits per heavy atom. The fourth-order valence-corrected chi connectivity index (χ4v) is 2.91. The van der Waals surface area contributed by atoms with Gasteiger partial charge >= 0.3 is 5.97 Å². The van der Waals surface area contributed by atoms with Crippen molar-refractivity contribution in [1.29, 1.82) is 0 Å². The van der Waals surface area contributed by atoms with Crippen LogP contribution in [0, 0.1) is 4.64 Å². The number of rotatable bonds is 5. The molecule has 2 aromatic carbocycles. The molecule has 26 heavy (non-hydrogen) atoms. The second kappa shape index (κ2) is 7.93. The SMILES string of the molecule is CCOC(=O)c1c(O)n(Cc2ccccc2)c(-c2ccccc2)nc1=S. The molecule has 3 rings (SSSR count). The van der Waals surface area contributed by atoms with Crippen LogP contribution in [0.2, 0.25) is 0 Å². The van der Waals surface area contributed by atoms with Crippen molar-refractivity contribution in [2.75, 3.05) is 6.61 Å². The van der Waals surface area contributed by atoms with Crippen LogP contribution < -0.4 is 0 Å². The van der Waals surface area contributed by atoms with Gasteiger partial charge in [0, 0.05) is 5.56 Å². The smallest absolute Gasteiger partial charge is 0.346 e. The van der Waals surface area contributed by atoms with Gasteiger partial charge in [-0.1, -0.05) is 72.9 Å². The minimum Gasteiger partial charge on any atom is -0.494 e. The minimum atomic E-state index is -0.677. The number of esters is 1. The second-order valence-corrected chi connectivity index (χ2v) is 5.98. The Labute approximate surface area is 156 Å². The van der Waals surface area contributed by atoms with Crippen molar-refractivity contribution in [3.05, 3.63) is 76.4 Å². The summed E-state index contributed by atoms with van der Waals surface area (Å²) in [5.41, 5.74) is 1.66. The Balaban J connectivity index is 2.21. The van der Waals surface area contributed by atoms with E-state index in [-0.39, 0.29) is 22.7 Å². The molecule has 0 aliphatic heterocycles. The van der Waals surface area contributed by atoms with Crippen LogP contribution in [-0.2, 0) is 11.3 Å². The van der Waals surface area contributed by atoms with E-state index in [1.54, 1.807) is 11.5 Å². The number of hydrogen-bond donors (Lipinski definition) is 1. The number of carbonyl (C=O) groups is 1. The van der Waals surface area contributed by atoms with Crippen LogP contribution in [0.15, 0.2) is 60.7 Å². The van der Waals surface area contributed by atoms with E-state index in [0.29, 0.717) is 12.4 Å². The standard InChI is InChI=1S/C20H18N2O3S/c1-2-25-20(24)16-18(26)21-17(15-11-7-4-8-12-15)22(19(16)23)13-14-9-5-3-6-10-14/h3-12,23H,2,13H2,1H3. The highest BCUT2D eigenvalue weighted by molar-refractivity contribution is 7.71. The van der Waals surface area contributed by atoms with Crippen LogP contribution in [0.4, 0.5) is 0 Å². The van der Waals surface area contributed by atoms with Crippen LogP contribution in [0.3, 0.4) is 0 Å². The Kier molecular flexibility index (Phi) is 5.43. The molecule has 0 fully saturated rings. The molecule has 0 spiro atoms. The van der Waals surface area contributed by atoms with Crippen molar-refractivity contribution >= 4 is 18.2 Å². The number of aromatic nitrogens is 2. The number of aromatic hydroxyl groups is 1. The van der Waals surface area contributed by atoms with Gasteiger partial charge in [0.2, 0.25) is 5.88 Å². The van der Waals surface area contributed by atoms with Crippen molar-refractivity contribution in [2.24, 2.45) is 0 Å². The highest BCUT2D eigenvalue weighted by Gasteiger charge is 2.22. The van der Waals surface area contributed by atoms with Gasteiger partial charge in [-0.3, -0.25) is 4.57 Å². The lowest BCUT2D eigenvalue weighted by Crippen LogP contribution is -2.14. The molecule has 0 aliphatic carbocycles. The summed E-state index contributed by atoms with van der Waals surface area (Å²) in [6, 6.07) is 19.0. The summed E-state index contributed by atoms with van der Waals surface area (Å²) >= 11 is 5.26. The summed E-state index contributed by atoms with van der Waals surface area (Å²) in [6.45, 7) is 2.22. The number of ether oxygens (including phenoxy) is 1. The van der Waals surface area contributed by atoms with E-state index in [4.69, 9.17) is 17.0 Å². The molecule has 6 heteroatoms. The van der Waals surface area contributed by atoms with Crippen molar-refractivity contribution in [2.45, 2.75) is 13.5 Å². The third kappa shape index (κ3) is 3.65. The predicted octanol–water partition coefficient (Wildman–Crippen LogP) is 4.21. The first kappa shape index (κ1) is 17.8. The van der Waals surface area contributed by atoms with Gasteiger partial charge in [-0.15, -0.1) is 0 Å². The third-order valence-corrected chi connectivity index (χ3v) is 4.15. The highest BCUT2D eigenvalue weighted by Crippen LogP contribution is 2.27. The maximum atomic E-state index is 12.2. The van der Waals surface area contributed by atoms with Gasteiger partial charge < -0.3 is 9.84 Å². The average Bonchev–Trinajstić information content (AvgIpc) is 2.65. The Hall–Kier alpha value is -2.99. The quantitative estimate of drug-likeness (QED) is 0.541. The lowest BCUT2D eigenvalue weighted by atomic mass is 10.1. The van der Waals surface area contributed by atoms with Crippen LogP contribution >= 0.6 is 12.2 Å². The van der Waals surface area contributed by atoms with Gasteiger partial charge in [0.05, 0.1) is 13.2 Å². The molecule has 0 bridgehead atoms. The minimum absolute atomic E-state index is 0.0177. The molecular formula is C20H18N2O3S. The van der Waals surface area contributed by atoms with E-state index >= 15 is 0 Å². The van der Waals surface area contributed by atoms with Gasteiger partial charge in [0.25, 0.3) is 0 Å². The molecule has 132 valence electrons. The van der Waals surface area contributed by atoms with E-state index in [1.165, 1.54) is 0 Å². The van der Waals surface area contributed by atoms with Gasteiger partial charge in [-0.05, 0) is 12.5 Å². The maximum absolute atomic E-state index is 12.2. The summed E-state index contributed by atoms with van der Waals surface area (Å²) in [7, 11) is 0. The lowest BCUT2D eigenvalue weighted by molar-refractivity contribution is 0.0520. The largest absolute Gasteiger partial charge is 0.494 e. The number of nitrogens with zero attached hydrogens (tertiary/aromatic N) is 2. The van der Waals surface area contributed by atoms with Gasteiger partial charge in [-0.25, -0.2) is 9.78 Å². The van der Waals surface area contributed by atoms with Crippen molar-refractivity contribution in [3.8, 4) is 17.3 Å². The molecule has 0 saturated carbocycles. The topological polar surface area (TPSA) is 64.3 Å². The summed E-state index contributed by atoms with van der Waals surface area (Å²) in [5.74, 6) is -0.430. The Bertz CT molecular complexity index is 970. The summed E-state index contributed by atoms with van der Waals surface area (Å²) < 4.78 is 6.62. The molecule has 3 aromatic rings. The zero-order chi connectivity index (χ0) is 18.5. The van der Waals surface area contributed by atoms with E-state index in [1.807, 2.05) is 60.7 Å². The molecule has 0 saturated heterocycles. The molecule has 0 unspecified atom stereocenters. The molecule has 0 atom stereocenters. The van der Waals surface area contributed by atoms with Gasteiger partial charge in [-0.2, -0.15) is 0 Å². The number of hydrogen-bond acceptors (Lipinski definition) is 5. The molecule has 0 radical (unpaired) electrons. The molecule has 1 heterocycles. The number of carbonyl (C=O) groups excluding carboxylic acids is 1. The first-order valence-corrected chi connectivity index (χ1v) is 8.63. The summed E-state index contributed by atoms with van der Waals surface area (Å²) in [6.07, 6.45) is 0. The van der Waals surface area contributed by atoms with Crippen molar-refractivity contribution in [3.63, 3.8) is 0 Å². The monoisotopic (exact) mass is 366 g/mol. The van der Waals surface area contributed by atoms with E-state index in [9.17, 15) is 9.90 Å². The summed E-state index contributed by atoms with van der Waals surface area (Å²) in [5, 5.41) is 10.8. The van der Waals surface area contributed by atoms with Crippen molar-refractivity contribution < 1.29 is 14.6 Å². The zero-order valence-electron chi connectivity index (χ0n) is 14.3. The molecule has 5 nitrogen and oxygen atoms in total. The lowest BCUT2D eigenvalue weighted by Gasteiger charge is -2.17. The molecule has 1 aromatic heterocycles. The van der Waals surface area contributed by atoms with Crippen LogP contribution in [-0.4, -0.2) is 27.2 Å². The Morgan fingerprint density at radius 3 is 2.35 bits per heavy atom. The maximum Gasteiger partial charge on any atom is 0.346 e. The van der Waals surface area contributed by atoms with E-state index < -0.39 is 5.97 Å². The van der Waals surface area contributed by atoms with Crippen LogP contribution in [0.25, 0.3) is 11.4 Å². The predicted molar refractivity (Wildman–Crippen MR) is 102 cm³/mol. The fraction of sp³-hybridized carbons (Fsp3) is 0.150. The van der Waals surface area contributed by atoms with Crippen LogP contribution in [0.1, 0.15) is 22.8 Å². The van der Waals surface area contributed by atoms with E-state index in [2.05, 4.69) is 4.98 Å². The fourth-order valence-electron chi connectivity index (χ4n) is 2.65. The van der Waals surface area contributed by atoms with E-state index in [0.717, 1.165) is 11.1 Å². The molecule has 1 N–H and O–H groups in total. The highest BCUT2D eigenvalue weighted by atomic mass is 32.1. The Morgan fingerprint density at radius 1 is 1.12 bits per heavy atom. The average molecular weight is 366 g/mol. The zero-order valence-corrected chi connectivity index (χ0v) is 15.1. The summed E-state index contributed by atoms with van der Waals surface area (Å²) in [4.78, 5) is 16.7. The number of benzene rings is 2. The van der Waals surface area contributed by atoms with Crippen molar-refractivity contribution in [1.82, 2.24) is 9.55 Å². The van der Waals surface area contributed by atoms with Gasteiger partial charge in [0.1, 0.15) is 10.5 Å². The first-order chi connectivity index (χ1) is 12.6. The molecular weight excluding hydrogens is 348 g/mol. The molecule has 0 amide bonds. The normalized spacial score (nSPS) is 10.5. The van der Waals surface area contributed by atoms with Gasteiger partial charge in [0.15, 0.2) is 5.56 Å². The third-order valence-electron chi connectivity index (χ3n) is 3.85. The second-order valence-electron chi connectivity index (χ2n) is 5.60. The van der Waals surface area contributed by atoms with Crippen LogP contribution in [0.5, 0.6) is 5.88 Å². The first-order valence-electron chi connectivity index (χ1n) is 8.22. The molecule has 0 aliphatic rings.